The fourth-order valence-electron chi connectivity index (χ4n) is 3.57. The van der Waals surface area contributed by atoms with Gasteiger partial charge in [0.25, 0.3) is 0 Å². The molecule has 1 aromatic heterocycles. The predicted molar refractivity (Wildman–Crippen MR) is 132 cm³/mol. The van der Waals surface area contributed by atoms with Gasteiger partial charge in [0.15, 0.2) is 11.5 Å². The van der Waals surface area contributed by atoms with Crippen molar-refractivity contribution in [3.63, 3.8) is 0 Å². The average molecular weight is 466 g/mol. The van der Waals surface area contributed by atoms with Crippen LogP contribution in [0.15, 0.2) is 46.9 Å². The summed E-state index contributed by atoms with van der Waals surface area (Å²) in [4.78, 5) is 14.9. The number of hydrogen-bond acceptors (Lipinski definition) is 6. The number of ether oxygens (including phenoxy) is 2. The lowest BCUT2D eigenvalue weighted by atomic mass is 10.1. The topological polar surface area (TPSA) is 77.7 Å². The molecule has 0 aliphatic heterocycles. The molecule has 3 aromatic rings. The lowest BCUT2D eigenvalue weighted by Crippen LogP contribution is -2.31. The molecule has 0 aliphatic carbocycles. The van der Waals surface area contributed by atoms with E-state index in [2.05, 4.69) is 24.0 Å². The zero-order valence-electron chi connectivity index (χ0n) is 20.7. The van der Waals surface area contributed by atoms with E-state index in [1.165, 1.54) is 5.56 Å². The Morgan fingerprint density at radius 2 is 1.76 bits per heavy atom. The first-order valence-corrected chi connectivity index (χ1v) is 12.1. The van der Waals surface area contributed by atoms with E-state index in [0.717, 1.165) is 29.7 Å². The first-order chi connectivity index (χ1) is 16.5. The van der Waals surface area contributed by atoms with Crippen LogP contribution >= 0.6 is 0 Å². The summed E-state index contributed by atoms with van der Waals surface area (Å²) in [5, 5.41) is 8.26. The van der Waals surface area contributed by atoms with Gasteiger partial charge in [0.05, 0.1) is 13.2 Å². The summed E-state index contributed by atoms with van der Waals surface area (Å²) in [6.07, 6.45) is 2.52. The molecule has 3 rings (SSSR count). The lowest BCUT2D eigenvalue weighted by Gasteiger charge is -2.23. The van der Waals surface area contributed by atoms with Gasteiger partial charge in [0.2, 0.25) is 17.7 Å². The third-order valence-electron chi connectivity index (χ3n) is 5.31. The fraction of sp³-hybridized carbons (Fsp3) is 0.444. The van der Waals surface area contributed by atoms with Gasteiger partial charge in [-0.1, -0.05) is 37.6 Å². The highest BCUT2D eigenvalue weighted by atomic mass is 16.5. The molecule has 0 N–H and O–H groups in total. The normalized spacial score (nSPS) is 10.8. The SMILES string of the molecule is CCCOc1ccc(CN(CCC)C(=O)CCc2nnc(-c3ccc(C)cc3)o2)cc1OCC. The van der Waals surface area contributed by atoms with Crippen molar-refractivity contribution >= 4 is 5.91 Å². The molecule has 0 unspecified atom stereocenters. The first kappa shape index (κ1) is 25.3. The van der Waals surface area contributed by atoms with Gasteiger partial charge in [-0.05, 0) is 56.5 Å². The minimum Gasteiger partial charge on any atom is -0.490 e. The second-order valence-electron chi connectivity index (χ2n) is 8.24. The van der Waals surface area contributed by atoms with E-state index in [9.17, 15) is 4.79 Å². The third-order valence-corrected chi connectivity index (χ3v) is 5.31. The number of aromatic nitrogens is 2. The number of carbonyl (C=O) groups excluding carboxylic acids is 1. The van der Waals surface area contributed by atoms with Crippen LogP contribution in [0.4, 0.5) is 0 Å². The van der Waals surface area contributed by atoms with E-state index in [1.54, 1.807) is 0 Å². The van der Waals surface area contributed by atoms with E-state index >= 15 is 0 Å². The van der Waals surface area contributed by atoms with Gasteiger partial charge in [0.1, 0.15) is 0 Å². The van der Waals surface area contributed by atoms with Crippen LogP contribution in [0.1, 0.15) is 57.1 Å². The van der Waals surface area contributed by atoms with Gasteiger partial charge in [-0.25, -0.2) is 0 Å². The summed E-state index contributed by atoms with van der Waals surface area (Å²) in [5.74, 6) is 2.45. The molecule has 0 radical (unpaired) electrons. The second kappa shape index (κ2) is 12.8. The molecule has 0 saturated heterocycles. The van der Waals surface area contributed by atoms with Crippen LogP contribution in [0.5, 0.6) is 11.5 Å². The van der Waals surface area contributed by atoms with Gasteiger partial charge in [-0.2, -0.15) is 0 Å². The Kier molecular flexibility index (Phi) is 9.50. The van der Waals surface area contributed by atoms with Gasteiger partial charge in [-0.3, -0.25) is 4.79 Å². The number of hydrogen-bond donors (Lipinski definition) is 0. The maximum absolute atomic E-state index is 13.0. The van der Waals surface area contributed by atoms with E-state index < -0.39 is 0 Å². The van der Waals surface area contributed by atoms with Crippen LogP contribution in [0.25, 0.3) is 11.5 Å². The van der Waals surface area contributed by atoms with E-state index in [-0.39, 0.29) is 5.91 Å². The number of amides is 1. The highest BCUT2D eigenvalue weighted by Gasteiger charge is 2.17. The van der Waals surface area contributed by atoms with Crippen LogP contribution in [-0.4, -0.2) is 40.8 Å². The maximum Gasteiger partial charge on any atom is 0.247 e. The molecule has 182 valence electrons. The van der Waals surface area contributed by atoms with Crippen LogP contribution in [0, 0.1) is 6.92 Å². The highest BCUT2D eigenvalue weighted by molar-refractivity contribution is 5.76. The zero-order chi connectivity index (χ0) is 24.3. The Labute approximate surface area is 202 Å². The van der Waals surface area contributed by atoms with Crippen molar-refractivity contribution in [2.45, 2.75) is 59.9 Å². The fourth-order valence-corrected chi connectivity index (χ4v) is 3.57. The molecule has 2 aromatic carbocycles. The van der Waals surface area contributed by atoms with Gasteiger partial charge in [0, 0.05) is 31.5 Å². The Morgan fingerprint density at radius 1 is 0.971 bits per heavy atom. The average Bonchev–Trinajstić information content (AvgIpc) is 3.31. The molecular formula is C27H35N3O4. The van der Waals surface area contributed by atoms with Crippen LogP contribution in [0.2, 0.25) is 0 Å². The summed E-state index contributed by atoms with van der Waals surface area (Å²) >= 11 is 0. The minimum absolute atomic E-state index is 0.0567. The summed E-state index contributed by atoms with van der Waals surface area (Å²) < 4.78 is 17.3. The Balaban J connectivity index is 1.63. The summed E-state index contributed by atoms with van der Waals surface area (Å²) in [6, 6.07) is 13.8. The zero-order valence-corrected chi connectivity index (χ0v) is 20.7. The predicted octanol–water partition coefficient (Wildman–Crippen LogP) is 5.60. The summed E-state index contributed by atoms with van der Waals surface area (Å²) in [6.45, 7) is 10.5. The van der Waals surface area contributed by atoms with Crippen molar-refractivity contribution < 1.29 is 18.7 Å². The lowest BCUT2D eigenvalue weighted by molar-refractivity contribution is -0.131. The van der Waals surface area contributed by atoms with Gasteiger partial charge in [-0.15, -0.1) is 10.2 Å². The molecule has 7 nitrogen and oxygen atoms in total. The third kappa shape index (κ3) is 7.07. The molecule has 0 fully saturated rings. The number of carbonyl (C=O) groups is 1. The summed E-state index contributed by atoms with van der Waals surface area (Å²) in [7, 11) is 0. The molecule has 1 heterocycles. The second-order valence-corrected chi connectivity index (χ2v) is 8.24. The van der Waals surface area contributed by atoms with Crippen molar-refractivity contribution in [2.75, 3.05) is 19.8 Å². The molecule has 0 saturated carbocycles. The number of rotatable bonds is 13. The molecule has 0 bridgehead atoms. The van der Waals surface area contributed by atoms with Crippen molar-refractivity contribution in [1.29, 1.82) is 0 Å². The quantitative estimate of drug-likeness (QED) is 0.327. The van der Waals surface area contributed by atoms with E-state index in [4.69, 9.17) is 13.9 Å². The van der Waals surface area contributed by atoms with Gasteiger partial charge < -0.3 is 18.8 Å². The molecule has 1 amide bonds. The smallest absolute Gasteiger partial charge is 0.247 e. The minimum atomic E-state index is 0.0567. The maximum atomic E-state index is 13.0. The molecule has 0 atom stereocenters. The van der Waals surface area contributed by atoms with Crippen molar-refractivity contribution in [1.82, 2.24) is 15.1 Å². The number of aryl methyl sites for hydroxylation is 2. The Bertz CT molecular complexity index is 1050. The van der Waals surface area contributed by atoms with Crippen molar-refractivity contribution in [3.05, 3.63) is 59.5 Å². The van der Waals surface area contributed by atoms with Gasteiger partial charge >= 0.3 is 0 Å². The van der Waals surface area contributed by atoms with Crippen LogP contribution < -0.4 is 9.47 Å². The van der Waals surface area contributed by atoms with Crippen LogP contribution in [-0.2, 0) is 17.8 Å². The highest BCUT2D eigenvalue weighted by Crippen LogP contribution is 2.29. The monoisotopic (exact) mass is 465 g/mol. The molecule has 0 spiro atoms. The van der Waals surface area contributed by atoms with Crippen molar-refractivity contribution in [3.8, 4) is 23.0 Å². The number of nitrogens with zero attached hydrogens (tertiary/aromatic N) is 3. The molecule has 34 heavy (non-hydrogen) atoms. The van der Waals surface area contributed by atoms with E-state index in [1.807, 2.05) is 61.2 Å². The molecule has 7 heteroatoms. The standard InChI is InChI=1S/C27H35N3O4/c1-5-16-30(19-21-10-13-23(33-17-6-2)24(18-21)32-7-3)26(31)15-14-25-28-29-27(34-25)22-11-8-20(4)9-12-22/h8-13,18H,5-7,14-17,19H2,1-4H3. The number of benzene rings is 2. The van der Waals surface area contributed by atoms with Crippen LogP contribution in [0.3, 0.4) is 0 Å². The largest absolute Gasteiger partial charge is 0.490 e. The molecular weight excluding hydrogens is 430 g/mol. The Morgan fingerprint density at radius 3 is 2.47 bits per heavy atom. The van der Waals surface area contributed by atoms with E-state index in [0.29, 0.717) is 56.7 Å². The summed E-state index contributed by atoms with van der Waals surface area (Å²) in [5.41, 5.74) is 3.05. The first-order valence-electron chi connectivity index (χ1n) is 12.1. The molecule has 0 aliphatic rings. The van der Waals surface area contributed by atoms with Crippen molar-refractivity contribution in [2.24, 2.45) is 0 Å². The Hall–Kier alpha value is -3.35.